The summed E-state index contributed by atoms with van der Waals surface area (Å²) in [6.07, 6.45) is 0. The van der Waals surface area contributed by atoms with Crippen LogP contribution in [0.15, 0.2) is 170 Å². The van der Waals surface area contributed by atoms with Crippen molar-refractivity contribution >= 4 is 23.3 Å². The van der Waals surface area contributed by atoms with Gasteiger partial charge in [0, 0.05) is 0 Å². The lowest BCUT2D eigenvalue weighted by atomic mass is 10.0. The average molecular weight is 625 g/mol. The van der Waals surface area contributed by atoms with Crippen LogP contribution in [0.2, 0.25) is 0 Å². The van der Waals surface area contributed by atoms with Crippen molar-refractivity contribution in [1.29, 1.82) is 0 Å². The number of hydrogen-bond donors (Lipinski definition) is 0. The average Bonchev–Trinajstić information content (AvgIpc) is 3.78. The SMILES string of the molecule is c1ccc(-n2nc([N-]c3cccc(-c4cccc([N-]c5n[n+](-c6ccccc6)nn5-c5ccccc5)c4)c3)[n+](-c3ccccc3)n2)cc1. The van der Waals surface area contributed by atoms with Crippen molar-refractivity contribution in [3.63, 3.8) is 0 Å². The van der Waals surface area contributed by atoms with E-state index in [0.29, 0.717) is 11.9 Å². The molecule has 6 aromatic carbocycles. The smallest absolute Gasteiger partial charge is 0.272 e. The van der Waals surface area contributed by atoms with E-state index < -0.39 is 0 Å². The largest absolute Gasteiger partial charge is 0.321 e. The molecule has 2 aromatic heterocycles. The third kappa shape index (κ3) is 6.01. The van der Waals surface area contributed by atoms with E-state index in [1.807, 2.05) is 158 Å². The van der Waals surface area contributed by atoms with E-state index in [4.69, 9.17) is 31.3 Å². The second-order valence-electron chi connectivity index (χ2n) is 10.8. The van der Waals surface area contributed by atoms with E-state index in [9.17, 15) is 0 Å². The van der Waals surface area contributed by atoms with Crippen molar-refractivity contribution in [3.8, 4) is 33.9 Å². The van der Waals surface area contributed by atoms with Crippen molar-refractivity contribution in [1.82, 2.24) is 30.1 Å². The highest BCUT2D eigenvalue weighted by Gasteiger charge is 2.18. The Kier molecular flexibility index (Phi) is 7.62. The van der Waals surface area contributed by atoms with Gasteiger partial charge >= 0.3 is 0 Å². The number of nitrogens with zero attached hydrogens (tertiary/aromatic N) is 10. The normalized spacial score (nSPS) is 10.9. The molecule has 48 heavy (non-hydrogen) atoms. The van der Waals surface area contributed by atoms with Gasteiger partial charge in [-0.05, 0) is 83.5 Å². The number of rotatable bonds is 9. The molecular formula is C38H28N10. The molecule has 0 atom stereocenters. The molecule has 0 radical (unpaired) electrons. The summed E-state index contributed by atoms with van der Waals surface area (Å²) in [4.78, 5) is 3.19. The Bertz CT molecular complexity index is 2120. The monoisotopic (exact) mass is 624 g/mol. The summed E-state index contributed by atoms with van der Waals surface area (Å²) in [5.74, 6) is 0.913. The van der Waals surface area contributed by atoms with Crippen molar-refractivity contribution in [2.45, 2.75) is 0 Å². The Hall–Kier alpha value is -6.94. The van der Waals surface area contributed by atoms with E-state index in [2.05, 4.69) is 12.1 Å². The molecule has 10 heteroatoms. The van der Waals surface area contributed by atoms with Crippen LogP contribution in [0.4, 0.5) is 23.3 Å². The van der Waals surface area contributed by atoms with Gasteiger partial charge in [-0.1, -0.05) is 118 Å². The first kappa shape index (κ1) is 28.5. The van der Waals surface area contributed by atoms with E-state index in [1.165, 1.54) is 0 Å². The van der Waals surface area contributed by atoms with E-state index in [0.717, 1.165) is 45.3 Å². The molecule has 0 aliphatic heterocycles. The second-order valence-corrected chi connectivity index (χ2v) is 10.8. The fourth-order valence-electron chi connectivity index (χ4n) is 5.24. The molecule has 0 spiro atoms. The molecule has 8 rings (SSSR count). The number of benzene rings is 6. The van der Waals surface area contributed by atoms with E-state index in [-0.39, 0.29) is 0 Å². The van der Waals surface area contributed by atoms with Gasteiger partial charge in [0.05, 0.1) is 17.1 Å². The summed E-state index contributed by atoms with van der Waals surface area (Å²) in [5.41, 5.74) is 6.87. The first-order valence-electron chi connectivity index (χ1n) is 15.4. The van der Waals surface area contributed by atoms with Crippen LogP contribution in [0.3, 0.4) is 0 Å². The summed E-state index contributed by atoms with van der Waals surface area (Å²) in [5, 5.41) is 28.8. The maximum Gasteiger partial charge on any atom is 0.272 e. The lowest BCUT2D eigenvalue weighted by Crippen LogP contribution is -2.36. The minimum Gasteiger partial charge on any atom is -0.321 e. The van der Waals surface area contributed by atoms with Crippen LogP contribution in [0.25, 0.3) is 44.5 Å². The summed E-state index contributed by atoms with van der Waals surface area (Å²) in [6, 6.07) is 55.4. The van der Waals surface area contributed by atoms with Gasteiger partial charge in [0.25, 0.3) is 5.95 Å². The predicted octanol–water partition coefficient (Wildman–Crippen LogP) is 7.74. The van der Waals surface area contributed by atoms with Crippen LogP contribution in [0, 0.1) is 0 Å². The molecule has 8 aromatic rings. The second kappa shape index (κ2) is 12.8. The minimum absolute atomic E-state index is 0.456. The highest BCUT2D eigenvalue weighted by Crippen LogP contribution is 2.35. The van der Waals surface area contributed by atoms with Gasteiger partial charge in [-0.2, -0.15) is 4.68 Å². The third-order valence-electron chi connectivity index (χ3n) is 7.56. The summed E-state index contributed by atoms with van der Waals surface area (Å²) >= 11 is 0. The third-order valence-corrected chi connectivity index (χ3v) is 7.56. The van der Waals surface area contributed by atoms with Crippen LogP contribution in [-0.2, 0) is 0 Å². The first-order chi connectivity index (χ1) is 23.8. The summed E-state index contributed by atoms with van der Waals surface area (Å²) in [7, 11) is 0. The predicted molar refractivity (Wildman–Crippen MR) is 183 cm³/mol. The first-order valence-corrected chi connectivity index (χ1v) is 15.4. The number of aromatic nitrogens is 8. The quantitative estimate of drug-likeness (QED) is 0.153. The van der Waals surface area contributed by atoms with Gasteiger partial charge in [-0.15, -0.1) is 15.0 Å². The fraction of sp³-hybridized carbons (Fsp3) is 0. The molecule has 0 bridgehead atoms. The van der Waals surface area contributed by atoms with Crippen LogP contribution in [-0.4, -0.2) is 30.1 Å². The van der Waals surface area contributed by atoms with Gasteiger partial charge in [0.2, 0.25) is 5.95 Å². The highest BCUT2D eigenvalue weighted by atomic mass is 15.7. The molecular weight excluding hydrogens is 596 g/mol. The molecule has 0 amide bonds. The lowest BCUT2D eigenvalue weighted by Gasteiger charge is -2.10. The van der Waals surface area contributed by atoms with E-state index >= 15 is 0 Å². The molecule has 10 nitrogen and oxygen atoms in total. The molecule has 230 valence electrons. The molecule has 0 saturated heterocycles. The fourth-order valence-corrected chi connectivity index (χ4v) is 5.24. The van der Waals surface area contributed by atoms with Gasteiger partial charge in [0.15, 0.2) is 11.4 Å². The zero-order valence-electron chi connectivity index (χ0n) is 25.6. The maximum atomic E-state index is 4.94. The van der Waals surface area contributed by atoms with Crippen molar-refractivity contribution in [2.75, 3.05) is 0 Å². The molecule has 0 aliphatic rings. The standard InChI is InChI=1S/C38H28N10/c1-5-19-33(20-6-1)45-37(41-47(43-45)35-23-9-3-10-24-35)39-31-17-13-15-29(27-31)30-16-14-18-32(28-30)40-38-42-48(36-25-11-4-12-26-36)44-46(38)34-21-7-2-8-22-34/h1-28H. The molecule has 0 fully saturated rings. The minimum atomic E-state index is 0.456. The lowest BCUT2D eigenvalue weighted by molar-refractivity contribution is -0.717. The van der Waals surface area contributed by atoms with Crippen LogP contribution >= 0.6 is 0 Å². The van der Waals surface area contributed by atoms with Crippen molar-refractivity contribution < 1.29 is 9.48 Å². The molecule has 0 saturated carbocycles. The van der Waals surface area contributed by atoms with Crippen LogP contribution < -0.4 is 9.48 Å². The Morgan fingerprint density at radius 2 is 1.02 bits per heavy atom. The van der Waals surface area contributed by atoms with Crippen molar-refractivity contribution in [3.05, 3.63) is 180 Å². The van der Waals surface area contributed by atoms with Gasteiger partial charge < -0.3 is 5.32 Å². The van der Waals surface area contributed by atoms with E-state index in [1.54, 1.807) is 19.0 Å². The Morgan fingerprint density at radius 1 is 0.479 bits per heavy atom. The highest BCUT2D eigenvalue weighted by molar-refractivity contribution is 5.75. The van der Waals surface area contributed by atoms with Crippen molar-refractivity contribution in [2.24, 2.45) is 0 Å². The molecule has 0 N–H and O–H groups in total. The van der Waals surface area contributed by atoms with Gasteiger partial charge in [-0.25, -0.2) is 5.32 Å². The van der Waals surface area contributed by atoms with Crippen LogP contribution in [0.1, 0.15) is 0 Å². The topological polar surface area (TPSA) is 97.4 Å². The Balaban J connectivity index is 1.10. The summed E-state index contributed by atoms with van der Waals surface area (Å²) in [6.45, 7) is 0. The molecule has 0 aliphatic carbocycles. The number of hydrogen-bond acceptors (Lipinski definition) is 4. The zero-order chi connectivity index (χ0) is 32.1. The Labute approximate surface area is 276 Å². The number of tetrazole rings is 2. The maximum absolute atomic E-state index is 4.94. The molecule has 0 unspecified atom stereocenters. The summed E-state index contributed by atoms with van der Waals surface area (Å²) < 4.78 is 3.48. The Morgan fingerprint density at radius 3 is 1.65 bits per heavy atom. The number of para-hydroxylation sites is 4. The van der Waals surface area contributed by atoms with Crippen LogP contribution in [0.5, 0.6) is 0 Å². The molecule has 2 heterocycles. The zero-order valence-corrected chi connectivity index (χ0v) is 25.6. The van der Waals surface area contributed by atoms with Gasteiger partial charge in [0.1, 0.15) is 5.21 Å². The van der Waals surface area contributed by atoms with Gasteiger partial charge in [-0.3, -0.25) is 0 Å².